The van der Waals surface area contributed by atoms with Gasteiger partial charge in [-0.15, -0.1) is 0 Å². The lowest BCUT2D eigenvalue weighted by Crippen LogP contribution is -2.57. The molecule has 0 radical (unpaired) electrons. The molecular weight excluding hydrogens is 419 g/mol. The zero-order valence-electron chi connectivity index (χ0n) is 14.6. The molecule has 0 atom stereocenters. The van der Waals surface area contributed by atoms with Gasteiger partial charge in [0.15, 0.2) is 9.84 Å². The first-order chi connectivity index (χ1) is 13.1. The Hall–Kier alpha value is -2.00. The summed E-state index contributed by atoms with van der Waals surface area (Å²) in [5.41, 5.74) is -0.597. The highest BCUT2D eigenvalue weighted by molar-refractivity contribution is 7.91. The Morgan fingerprint density at radius 1 is 1.25 bits per heavy atom. The van der Waals surface area contributed by atoms with Gasteiger partial charge >= 0.3 is 6.18 Å². The van der Waals surface area contributed by atoms with Crippen LogP contribution in [0.1, 0.15) is 23.3 Å². The molecule has 0 saturated carbocycles. The van der Waals surface area contributed by atoms with E-state index in [1.54, 1.807) is 12.1 Å². The summed E-state index contributed by atoms with van der Waals surface area (Å²) in [5, 5.41) is -1.05. The van der Waals surface area contributed by atoms with E-state index in [4.69, 9.17) is 16.0 Å². The molecule has 0 N–H and O–H groups in total. The van der Waals surface area contributed by atoms with Crippen molar-refractivity contribution >= 4 is 27.3 Å². The molecule has 10 heteroatoms. The molecule has 5 nitrogen and oxygen atoms in total. The van der Waals surface area contributed by atoms with Gasteiger partial charge < -0.3 is 9.32 Å². The predicted molar refractivity (Wildman–Crippen MR) is 96.5 cm³/mol. The lowest BCUT2D eigenvalue weighted by atomic mass is 10.0. The molecule has 0 bridgehead atoms. The summed E-state index contributed by atoms with van der Waals surface area (Å²) in [6.45, 7) is 0.159. The number of alkyl halides is 3. The number of benzene rings is 1. The van der Waals surface area contributed by atoms with Crippen LogP contribution in [0.2, 0.25) is 5.02 Å². The zero-order valence-corrected chi connectivity index (χ0v) is 16.1. The largest absolute Gasteiger partial charge is 0.468 e. The molecule has 1 aliphatic heterocycles. The van der Waals surface area contributed by atoms with Crippen LogP contribution in [-0.2, 0) is 33.0 Å². The number of sulfone groups is 1. The summed E-state index contributed by atoms with van der Waals surface area (Å²) in [5.74, 6) is -0.182. The third kappa shape index (κ3) is 4.70. The van der Waals surface area contributed by atoms with E-state index in [9.17, 15) is 26.4 Å². The lowest BCUT2D eigenvalue weighted by Gasteiger charge is -2.38. The molecular formula is C18H17ClF3NO4S. The van der Waals surface area contributed by atoms with Crippen LogP contribution in [0.25, 0.3) is 0 Å². The molecule has 1 amide bonds. The Balaban J connectivity index is 1.52. The van der Waals surface area contributed by atoms with Crippen molar-refractivity contribution in [2.45, 2.75) is 30.0 Å². The first-order valence-corrected chi connectivity index (χ1v) is 10.5. The Morgan fingerprint density at radius 2 is 1.96 bits per heavy atom. The number of hydrogen-bond acceptors (Lipinski definition) is 4. The predicted octanol–water partition coefficient (Wildman–Crippen LogP) is 3.71. The minimum absolute atomic E-state index is 0.0100. The normalized spacial score (nSPS) is 15.5. The minimum atomic E-state index is -4.57. The van der Waals surface area contributed by atoms with E-state index in [0.29, 0.717) is 11.3 Å². The number of carbonyl (C=O) groups is 1. The summed E-state index contributed by atoms with van der Waals surface area (Å²) >= 11 is 5.58. The molecule has 1 aromatic heterocycles. The van der Waals surface area contributed by atoms with Crippen LogP contribution in [-0.4, -0.2) is 37.6 Å². The zero-order chi connectivity index (χ0) is 20.5. The summed E-state index contributed by atoms with van der Waals surface area (Å²) in [4.78, 5) is 13.6. The smallest absolute Gasteiger partial charge is 0.417 e. The average Bonchev–Trinajstić information content (AvgIpc) is 3.03. The van der Waals surface area contributed by atoms with E-state index in [-0.39, 0.29) is 37.6 Å². The Kier molecular flexibility index (Phi) is 5.77. The van der Waals surface area contributed by atoms with Gasteiger partial charge in [-0.05, 0) is 36.2 Å². The van der Waals surface area contributed by atoms with Crippen molar-refractivity contribution in [2.24, 2.45) is 0 Å². The van der Waals surface area contributed by atoms with Gasteiger partial charge in [-0.1, -0.05) is 17.7 Å². The van der Waals surface area contributed by atoms with E-state index in [1.807, 2.05) is 0 Å². The fourth-order valence-corrected chi connectivity index (χ4v) is 4.77. The van der Waals surface area contributed by atoms with E-state index in [1.165, 1.54) is 17.2 Å². The Morgan fingerprint density at radius 3 is 2.57 bits per heavy atom. The number of furan rings is 1. The first-order valence-electron chi connectivity index (χ1n) is 8.43. The average molecular weight is 436 g/mol. The topological polar surface area (TPSA) is 67.6 Å². The Labute approximate surface area is 165 Å². The number of nitrogens with zero attached hydrogens (tertiary/aromatic N) is 1. The molecule has 2 heterocycles. The number of halogens is 4. The monoisotopic (exact) mass is 435 g/mol. The third-order valence-corrected chi connectivity index (χ3v) is 6.93. The van der Waals surface area contributed by atoms with Gasteiger partial charge in [-0.3, -0.25) is 4.79 Å². The quantitative estimate of drug-likeness (QED) is 0.693. The molecule has 0 spiro atoms. The fraction of sp³-hybridized carbons (Fsp3) is 0.389. The van der Waals surface area contributed by atoms with Gasteiger partial charge in [0.2, 0.25) is 5.91 Å². The highest BCUT2D eigenvalue weighted by atomic mass is 35.5. The summed E-state index contributed by atoms with van der Waals surface area (Å²) in [6, 6.07) is 6.70. The second-order valence-electron chi connectivity index (χ2n) is 6.62. The third-order valence-electron chi connectivity index (χ3n) is 4.60. The fourth-order valence-electron chi connectivity index (χ4n) is 2.93. The number of hydrogen-bond donors (Lipinski definition) is 0. The summed E-state index contributed by atoms with van der Waals surface area (Å²) in [6.07, 6.45) is -3.07. The highest BCUT2D eigenvalue weighted by Crippen LogP contribution is 2.35. The van der Waals surface area contributed by atoms with E-state index in [0.717, 1.165) is 12.1 Å². The molecule has 3 rings (SSSR count). The number of likely N-dealkylation sites (tertiary alicyclic amines) is 1. The second kappa shape index (κ2) is 7.79. The van der Waals surface area contributed by atoms with Crippen molar-refractivity contribution in [3.8, 4) is 0 Å². The van der Waals surface area contributed by atoms with Crippen LogP contribution in [0.15, 0.2) is 41.0 Å². The second-order valence-corrected chi connectivity index (χ2v) is 9.31. The van der Waals surface area contributed by atoms with E-state index >= 15 is 0 Å². The van der Waals surface area contributed by atoms with Gasteiger partial charge in [0, 0.05) is 19.5 Å². The molecule has 2 aromatic rings. The van der Waals surface area contributed by atoms with Crippen LogP contribution in [0.3, 0.4) is 0 Å². The highest BCUT2D eigenvalue weighted by Gasteiger charge is 2.39. The van der Waals surface area contributed by atoms with Crippen LogP contribution in [0, 0.1) is 0 Å². The van der Waals surface area contributed by atoms with Crippen LogP contribution >= 0.6 is 11.6 Å². The molecule has 0 unspecified atom stereocenters. The number of aryl methyl sites for hydroxylation is 1. The van der Waals surface area contributed by atoms with E-state index in [2.05, 4.69) is 0 Å². The summed E-state index contributed by atoms with van der Waals surface area (Å²) < 4.78 is 68.3. The molecule has 1 aromatic carbocycles. The van der Waals surface area contributed by atoms with Gasteiger partial charge in [-0.2, -0.15) is 13.2 Å². The maximum Gasteiger partial charge on any atom is 0.417 e. The van der Waals surface area contributed by atoms with Gasteiger partial charge in [0.25, 0.3) is 0 Å². The molecule has 152 valence electrons. The Bertz CT molecular complexity index is 952. The van der Waals surface area contributed by atoms with E-state index < -0.39 is 31.8 Å². The molecule has 28 heavy (non-hydrogen) atoms. The number of amides is 1. The minimum Gasteiger partial charge on any atom is -0.468 e. The van der Waals surface area contributed by atoms with Crippen LogP contribution < -0.4 is 0 Å². The molecule has 0 aliphatic carbocycles. The molecule has 1 fully saturated rings. The van der Waals surface area contributed by atoms with Crippen molar-refractivity contribution in [3.63, 3.8) is 0 Å². The number of rotatable bonds is 6. The summed E-state index contributed by atoms with van der Waals surface area (Å²) in [7, 11) is -3.43. The molecule has 1 aliphatic rings. The lowest BCUT2D eigenvalue weighted by molar-refractivity contribution is -0.137. The van der Waals surface area contributed by atoms with Gasteiger partial charge in [0.1, 0.15) is 11.5 Å². The first kappa shape index (κ1) is 20.7. The van der Waals surface area contributed by atoms with Crippen molar-refractivity contribution < 1.29 is 30.8 Å². The van der Waals surface area contributed by atoms with Gasteiger partial charge in [0.05, 0.1) is 22.1 Å². The number of carbonyl (C=O) groups excluding carboxylic acids is 1. The maximum absolute atomic E-state index is 12.9. The van der Waals surface area contributed by atoms with Crippen molar-refractivity contribution in [2.75, 3.05) is 13.1 Å². The van der Waals surface area contributed by atoms with Crippen LogP contribution in [0.4, 0.5) is 13.2 Å². The van der Waals surface area contributed by atoms with Crippen molar-refractivity contribution in [1.82, 2.24) is 4.90 Å². The van der Waals surface area contributed by atoms with Crippen LogP contribution in [0.5, 0.6) is 0 Å². The van der Waals surface area contributed by atoms with Crippen molar-refractivity contribution in [3.05, 3.63) is 58.5 Å². The molecule has 1 saturated heterocycles. The maximum atomic E-state index is 12.9. The van der Waals surface area contributed by atoms with Gasteiger partial charge in [-0.25, -0.2) is 8.42 Å². The standard InChI is InChI=1S/C18H17ClF3NO4S/c19-16-5-3-12(8-15(16)18(20,21)22)4-6-17(24)23-9-14(10-23)28(25,26)11-13-2-1-7-27-13/h1-3,5,7-8,14H,4,6,9-11H2. The van der Waals surface area contributed by atoms with Crippen molar-refractivity contribution in [1.29, 1.82) is 0 Å². The SMILES string of the molecule is O=C(CCc1ccc(Cl)c(C(F)(F)F)c1)N1CC(S(=O)(=O)Cc2ccco2)C1.